The Balaban J connectivity index is 1.23. The zero-order chi connectivity index (χ0) is 38.6. The van der Waals surface area contributed by atoms with Gasteiger partial charge in [-0.15, -0.1) is 0 Å². The van der Waals surface area contributed by atoms with E-state index in [1.165, 1.54) is 19.3 Å². The molecule has 2 amide bonds. The standard InChI is InChI=1S/C44H71N3O6/c1-40(2,3)34(24-33(48)22-32(30-15-9-8-10-16-30)26-46-19-20-53-28-41(46,4)5)39(52)47-27-44(42(6,7)43(44)17-12-18-43)25-35(47)36(49)23-31(37(50)38(45)51)21-29-13-11-14-29/h29-32,34-35H,8-28H2,1-7H3,(H2,45,51)/t31?,32-,34-,35+,44-/m1/s1. The number of primary amides is 1. The molecule has 2 aliphatic heterocycles. The van der Waals surface area contributed by atoms with E-state index in [2.05, 4.69) is 53.4 Å². The molecular formula is C44H71N3O6. The molecule has 6 aliphatic rings. The van der Waals surface area contributed by atoms with Crippen LogP contribution in [0.4, 0.5) is 0 Å². The SMILES string of the molecule is CC(C)(C)[C@H](CC(=O)C[C@H](CN1CCOCC1(C)C)C1CCCCC1)C(=O)N1C[C@]2(C[C@H]1C(=O)CC(CC1CCC1)C(=O)C(N)=O)C(C)(C)C21CCC1. The summed E-state index contributed by atoms with van der Waals surface area (Å²) in [6.07, 6.45) is 14.1. The highest BCUT2D eigenvalue weighted by Crippen LogP contribution is 2.88. The number of nitrogens with zero attached hydrogens (tertiary/aromatic N) is 2. The molecule has 2 N–H and O–H groups in total. The third kappa shape index (κ3) is 7.57. The van der Waals surface area contributed by atoms with Crippen LogP contribution in [0.1, 0.15) is 151 Å². The summed E-state index contributed by atoms with van der Waals surface area (Å²) in [5, 5.41) is 0. The van der Waals surface area contributed by atoms with Gasteiger partial charge in [0.15, 0.2) is 5.78 Å². The minimum Gasteiger partial charge on any atom is -0.378 e. The van der Waals surface area contributed by atoms with E-state index in [-0.39, 0.29) is 58.0 Å². The Kier molecular flexibility index (Phi) is 11.5. The van der Waals surface area contributed by atoms with Crippen LogP contribution in [0.3, 0.4) is 0 Å². The van der Waals surface area contributed by atoms with Gasteiger partial charge in [-0.2, -0.15) is 0 Å². The van der Waals surface area contributed by atoms with Crippen LogP contribution in [0.2, 0.25) is 0 Å². The average Bonchev–Trinajstić information content (AvgIpc) is 3.26. The first kappa shape index (κ1) is 40.5. The molecular weight excluding hydrogens is 666 g/mol. The second kappa shape index (κ2) is 15.1. The van der Waals surface area contributed by atoms with Crippen molar-refractivity contribution in [3.8, 4) is 0 Å². The number of fused-ring (bicyclic) bond motifs is 1. The van der Waals surface area contributed by atoms with Crippen molar-refractivity contribution in [1.82, 2.24) is 9.80 Å². The molecule has 0 aromatic carbocycles. The van der Waals surface area contributed by atoms with Gasteiger partial charge in [-0.1, -0.05) is 92.4 Å². The molecule has 6 fully saturated rings. The van der Waals surface area contributed by atoms with Crippen LogP contribution in [0.15, 0.2) is 0 Å². The largest absolute Gasteiger partial charge is 0.378 e. The Morgan fingerprint density at radius 1 is 0.849 bits per heavy atom. The lowest BCUT2D eigenvalue weighted by molar-refractivity contribution is -0.147. The molecule has 2 heterocycles. The zero-order valence-electron chi connectivity index (χ0n) is 34.2. The molecule has 0 aromatic heterocycles. The van der Waals surface area contributed by atoms with Gasteiger partial charge in [0.25, 0.3) is 5.91 Å². The van der Waals surface area contributed by atoms with Crippen molar-refractivity contribution in [2.75, 3.05) is 32.8 Å². The highest BCUT2D eigenvalue weighted by Gasteiger charge is 2.85. The third-order valence-corrected chi connectivity index (χ3v) is 16.2. The zero-order valence-corrected chi connectivity index (χ0v) is 34.2. The summed E-state index contributed by atoms with van der Waals surface area (Å²) < 4.78 is 5.83. The Morgan fingerprint density at radius 2 is 1.53 bits per heavy atom. The molecule has 2 spiro atoms. The number of morpholine rings is 1. The monoisotopic (exact) mass is 738 g/mol. The van der Waals surface area contributed by atoms with Crippen LogP contribution in [0, 0.1) is 51.2 Å². The number of carbonyl (C=O) groups is 5. The van der Waals surface area contributed by atoms with Crippen LogP contribution in [0.5, 0.6) is 0 Å². The average molecular weight is 738 g/mol. The Morgan fingerprint density at radius 3 is 2.06 bits per heavy atom. The summed E-state index contributed by atoms with van der Waals surface area (Å²) in [5.74, 6) is -1.97. The van der Waals surface area contributed by atoms with E-state index in [4.69, 9.17) is 10.5 Å². The molecule has 6 rings (SSSR count). The van der Waals surface area contributed by atoms with Crippen molar-refractivity contribution in [3.63, 3.8) is 0 Å². The normalized spacial score (nSPS) is 29.9. The molecule has 9 nitrogen and oxygen atoms in total. The van der Waals surface area contributed by atoms with Crippen LogP contribution in [-0.2, 0) is 28.7 Å². The lowest BCUT2D eigenvalue weighted by Gasteiger charge is -2.45. The number of likely N-dealkylation sites (tertiary alicyclic amines) is 1. The number of carbonyl (C=O) groups excluding carboxylic acids is 5. The van der Waals surface area contributed by atoms with Crippen molar-refractivity contribution in [3.05, 3.63) is 0 Å². The van der Waals surface area contributed by atoms with Crippen LogP contribution in [-0.4, -0.2) is 83.4 Å². The first-order valence-electron chi connectivity index (χ1n) is 21.3. The van der Waals surface area contributed by atoms with E-state index >= 15 is 4.79 Å². The number of hydrogen-bond acceptors (Lipinski definition) is 7. The predicted molar refractivity (Wildman–Crippen MR) is 206 cm³/mol. The summed E-state index contributed by atoms with van der Waals surface area (Å²) in [4.78, 5) is 73.5. The first-order chi connectivity index (χ1) is 24.8. The van der Waals surface area contributed by atoms with Crippen LogP contribution in [0.25, 0.3) is 0 Å². The topological polar surface area (TPSA) is 127 Å². The lowest BCUT2D eigenvalue weighted by atomic mass is 9.73. The Hall–Kier alpha value is -2.13. The number of ketones is 3. The minimum absolute atomic E-state index is 0.00623. The summed E-state index contributed by atoms with van der Waals surface area (Å²) in [7, 11) is 0. The summed E-state index contributed by atoms with van der Waals surface area (Å²) in [6.45, 7) is 18.9. The van der Waals surface area contributed by atoms with Gasteiger partial charge in [0.05, 0.1) is 19.3 Å². The van der Waals surface area contributed by atoms with Crippen molar-refractivity contribution < 1.29 is 28.7 Å². The van der Waals surface area contributed by atoms with Gasteiger partial charge < -0.3 is 15.4 Å². The molecule has 0 bridgehead atoms. The summed E-state index contributed by atoms with van der Waals surface area (Å²) >= 11 is 0. The number of Topliss-reactive ketones (excluding diaryl/α,β-unsaturated/α-hetero) is 3. The smallest absolute Gasteiger partial charge is 0.285 e. The van der Waals surface area contributed by atoms with Gasteiger partial charge >= 0.3 is 0 Å². The van der Waals surface area contributed by atoms with E-state index in [1.807, 2.05) is 4.90 Å². The number of nitrogens with two attached hydrogens (primary N) is 1. The molecule has 1 unspecified atom stereocenters. The first-order valence-corrected chi connectivity index (χ1v) is 21.3. The predicted octanol–water partition coefficient (Wildman–Crippen LogP) is 6.92. The molecule has 5 atom stereocenters. The molecule has 298 valence electrons. The number of ether oxygens (including phenoxy) is 1. The Bertz CT molecular complexity index is 1420. The maximum absolute atomic E-state index is 15.1. The highest BCUT2D eigenvalue weighted by molar-refractivity contribution is 6.36. The van der Waals surface area contributed by atoms with Crippen molar-refractivity contribution >= 4 is 29.2 Å². The van der Waals surface area contributed by atoms with E-state index in [9.17, 15) is 19.2 Å². The Labute approximate surface area is 319 Å². The van der Waals surface area contributed by atoms with Gasteiger partial charge in [-0.05, 0) is 73.5 Å². The van der Waals surface area contributed by atoms with Crippen LogP contribution >= 0.6 is 0 Å². The van der Waals surface area contributed by atoms with Crippen molar-refractivity contribution in [1.29, 1.82) is 0 Å². The van der Waals surface area contributed by atoms with E-state index in [1.54, 1.807) is 0 Å². The molecule has 4 aliphatic carbocycles. The highest BCUT2D eigenvalue weighted by atomic mass is 16.5. The minimum atomic E-state index is -0.982. The summed E-state index contributed by atoms with van der Waals surface area (Å²) in [5.41, 5.74) is 4.88. The second-order valence-corrected chi connectivity index (χ2v) is 20.8. The number of amides is 2. The third-order valence-electron chi connectivity index (χ3n) is 16.2. The van der Waals surface area contributed by atoms with E-state index < -0.39 is 35.0 Å². The van der Waals surface area contributed by atoms with Gasteiger partial charge in [0, 0.05) is 61.7 Å². The molecule has 9 heteroatoms. The number of rotatable bonds is 15. The van der Waals surface area contributed by atoms with Crippen molar-refractivity contribution in [2.45, 2.75) is 163 Å². The maximum atomic E-state index is 15.1. The fraction of sp³-hybridized carbons (Fsp3) is 0.886. The molecule has 2 saturated heterocycles. The molecule has 0 radical (unpaired) electrons. The quantitative estimate of drug-likeness (QED) is 0.181. The van der Waals surface area contributed by atoms with Crippen molar-refractivity contribution in [2.24, 2.45) is 57.0 Å². The maximum Gasteiger partial charge on any atom is 0.285 e. The van der Waals surface area contributed by atoms with Gasteiger partial charge in [0.1, 0.15) is 5.78 Å². The molecule has 4 saturated carbocycles. The second-order valence-electron chi connectivity index (χ2n) is 20.8. The van der Waals surface area contributed by atoms with Crippen LogP contribution < -0.4 is 5.73 Å². The van der Waals surface area contributed by atoms with Gasteiger partial charge in [0.2, 0.25) is 11.7 Å². The number of hydrogen-bond donors (Lipinski definition) is 1. The fourth-order valence-electron chi connectivity index (χ4n) is 12.2. The van der Waals surface area contributed by atoms with E-state index in [0.717, 1.165) is 64.5 Å². The summed E-state index contributed by atoms with van der Waals surface area (Å²) in [6, 6.07) is -0.662. The van der Waals surface area contributed by atoms with Gasteiger partial charge in [-0.25, -0.2) is 0 Å². The molecule has 53 heavy (non-hydrogen) atoms. The molecule has 0 aromatic rings. The lowest BCUT2D eigenvalue weighted by Crippen LogP contribution is -2.55. The van der Waals surface area contributed by atoms with E-state index in [0.29, 0.717) is 50.9 Å². The van der Waals surface area contributed by atoms with Gasteiger partial charge in [-0.3, -0.25) is 28.9 Å². The fourth-order valence-corrected chi connectivity index (χ4v) is 12.2.